The van der Waals surface area contributed by atoms with Crippen molar-refractivity contribution < 1.29 is 21.0 Å². The van der Waals surface area contributed by atoms with Crippen LogP contribution in [0.3, 0.4) is 0 Å². The summed E-state index contributed by atoms with van der Waals surface area (Å²) in [4.78, 5) is 38.8. The van der Waals surface area contributed by atoms with Gasteiger partial charge in [-0.3, -0.25) is 0 Å². The molecule has 7 aromatic rings. The molecule has 0 spiro atoms. The molecule has 46 heavy (non-hydrogen) atoms. The Hall–Kier alpha value is -4.22. The molecule has 219 valence electrons. The van der Waals surface area contributed by atoms with Gasteiger partial charge in [0, 0.05) is 65.7 Å². The molecule has 0 atom stereocenters. The van der Waals surface area contributed by atoms with Crippen molar-refractivity contribution in [3.63, 3.8) is 0 Å². The zero-order valence-corrected chi connectivity index (χ0v) is 27.3. The first-order valence-electron chi connectivity index (χ1n) is 13.5. The van der Waals surface area contributed by atoms with E-state index in [4.69, 9.17) is 89.9 Å². The van der Waals surface area contributed by atoms with Gasteiger partial charge in [-0.2, -0.15) is 0 Å². The van der Waals surface area contributed by atoms with Gasteiger partial charge in [-0.05, 0) is 35.0 Å². The Balaban J connectivity index is 0.00000153. The fourth-order valence-corrected chi connectivity index (χ4v) is 6.72. The average molecular weight is 717 g/mol. The van der Waals surface area contributed by atoms with Gasteiger partial charge in [0.25, 0.3) is 0 Å². The normalized spacial score (nSPS) is 11.7. The van der Waals surface area contributed by atoms with Gasteiger partial charge in [-0.15, -0.1) is 0 Å². The van der Waals surface area contributed by atoms with Crippen LogP contribution >= 0.6 is 46.4 Å². The summed E-state index contributed by atoms with van der Waals surface area (Å²) in [6, 6.07) is 22.0. The second-order valence-electron chi connectivity index (χ2n) is 10.1. The first-order chi connectivity index (χ1) is 22.4. The third-order valence-corrected chi connectivity index (χ3v) is 8.87. The van der Waals surface area contributed by atoms with E-state index in [2.05, 4.69) is 0 Å². The topological polar surface area (TPSA) is 123 Å². The Labute approximate surface area is 288 Å². The number of fused-ring (bicyclic) bond motifs is 20. The summed E-state index contributed by atoms with van der Waals surface area (Å²) < 4.78 is 8.19. The van der Waals surface area contributed by atoms with E-state index in [1.165, 1.54) is 0 Å². The molecule has 9 nitrogen and oxygen atoms in total. The van der Waals surface area contributed by atoms with Crippen molar-refractivity contribution in [3.8, 4) is 45.6 Å². The van der Waals surface area contributed by atoms with Gasteiger partial charge in [-0.25, -0.2) is 9.97 Å². The van der Waals surface area contributed by atoms with E-state index in [1.807, 2.05) is 48.5 Å². The number of hydrogen-bond acceptors (Lipinski definition) is 7. The van der Waals surface area contributed by atoms with Crippen molar-refractivity contribution in [2.75, 3.05) is 0 Å². The van der Waals surface area contributed by atoms with Gasteiger partial charge in [0.15, 0.2) is 0 Å². The van der Waals surface area contributed by atoms with Gasteiger partial charge in [0.1, 0.15) is 0 Å². The molecule has 0 fully saturated rings. The summed E-state index contributed by atoms with van der Waals surface area (Å²) in [6.07, 6.45) is 0. The van der Waals surface area contributed by atoms with Crippen LogP contribution in [0.1, 0.15) is 0 Å². The van der Waals surface area contributed by atoms with E-state index in [0.717, 1.165) is 17.4 Å². The fourth-order valence-electron chi connectivity index (χ4n) is 5.68. The molecule has 8 bridgehead atoms. The first kappa shape index (κ1) is 29.2. The molecule has 0 N–H and O–H groups in total. The van der Waals surface area contributed by atoms with Crippen LogP contribution in [0.25, 0.3) is 89.7 Å². The fraction of sp³-hybridized carbons (Fsp3) is 0. The minimum absolute atomic E-state index is 0.347. The molecular formula is C32H12Cl4N8OV. The van der Waals surface area contributed by atoms with Crippen LogP contribution in [0.5, 0.6) is 0 Å². The van der Waals surface area contributed by atoms with Crippen LogP contribution in [-0.4, -0.2) is 29.9 Å². The maximum absolute atomic E-state index is 8.19. The molecule has 0 radical (unpaired) electrons. The minimum atomic E-state index is 0.347. The Morgan fingerprint density at radius 3 is 1.24 bits per heavy atom. The maximum atomic E-state index is 8.19. The van der Waals surface area contributed by atoms with Crippen molar-refractivity contribution in [2.24, 2.45) is 0 Å². The summed E-state index contributed by atoms with van der Waals surface area (Å²) in [5.41, 5.74) is 4.09. The number of rotatable bonds is 0. The Bertz CT molecular complexity index is 2430. The predicted molar refractivity (Wildman–Crippen MR) is 175 cm³/mol. The second kappa shape index (κ2) is 11.2. The molecule has 0 saturated carbocycles. The summed E-state index contributed by atoms with van der Waals surface area (Å²) >= 11 is 27.9. The number of nitrogens with zero attached hydrogens (tertiary/aromatic N) is 8. The average Bonchev–Trinajstić information content (AvgIpc) is 3.79. The van der Waals surface area contributed by atoms with Crippen LogP contribution in [0.2, 0.25) is 20.1 Å². The molecule has 0 unspecified atom stereocenters. The Morgan fingerprint density at radius 2 is 0.804 bits per heavy atom. The molecule has 5 heterocycles. The quantitative estimate of drug-likeness (QED) is 0.152. The van der Waals surface area contributed by atoms with E-state index < -0.39 is 0 Å². The van der Waals surface area contributed by atoms with Crippen molar-refractivity contribution in [3.05, 3.63) is 92.9 Å². The predicted octanol–water partition coefficient (Wildman–Crippen LogP) is 8.62. The van der Waals surface area contributed by atoms with Crippen molar-refractivity contribution in [1.82, 2.24) is 39.9 Å². The summed E-state index contributed by atoms with van der Waals surface area (Å²) in [6.45, 7) is 0. The summed E-state index contributed by atoms with van der Waals surface area (Å²) in [5.74, 6) is 1.45. The summed E-state index contributed by atoms with van der Waals surface area (Å²) in [7, 11) is 0. The Kier molecular flexibility index (Phi) is 7.14. The molecular weight excluding hydrogens is 705 g/mol. The molecule has 14 heteroatoms. The van der Waals surface area contributed by atoms with Crippen LogP contribution in [-0.2, 0) is 21.0 Å². The molecule has 2 aliphatic heterocycles. The first-order valence-corrected chi connectivity index (χ1v) is 15.6. The zero-order chi connectivity index (χ0) is 31.7. The SMILES string of the molecule is Clc1cccc2c1-c1nc-2nc2[n-]c(nc3nc(nc4[n-]c(n1)c1cccc(Cl)c41)-c1cccc(Cl)c1-3)c1cccc(Cl)c21.[O]=[V+2]. The summed E-state index contributed by atoms with van der Waals surface area (Å²) in [5, 5.41) is 4.53. The second-order valence-corrected chi connectivity index (χ2v) is 11.8. The van der Waals surface area contributed by atoms with E-state index in [1.54, 1.807) is 24.3 Å². The van der Waals surface area contributed by atoms with Gasteiger partial charge in [0.2, 0.25) is 0 Å². The van der Waals surface area contributed by atoms with Gasteiger partial charge < -0.3 is 29.9 Å². The van der Waals surface area contributed by atoms with Crippen molar-refractivity contribution in [1.29, 1.82) is 0 Å². The number of benzene rings is 4. The third kappa shape index (κ3) is 4.46. The molecule has 2 aliphatic rings. The molecule has 3 aromatic heterocycles. The van der Waals surface area contributed by atoms with Crippen LogP contribution in [0.15, 0.2) is 72.8 Å². The van der Waals surface area contributed by atoms with Gasteiger partial charge >= 0.3 is 21.0 Å². The molecule has 0 saturated heterocycles. The van der Waals surface area contributed by atoms with E-state index in [0.29, 0.717) is 110 Å². The number of hydrogen-bond donors (Lipinski definition) is 0. The van der Waals surface area contributed by atoms with E-state index >= 15 is 0 Å². The van der Waals surface area contributed by atoms with E-state index in [9.17, 15) is 0 Å². The van der Waals surface area contributed by atoms with E-state index in [-0.39, 0.29) is 0 Å². The van der Waals surface area contributed by atoms with Crippen LogP contribution in [0, 0.1) is 0 Å². The van der Waals surface area contributed by atoms with Crippen molar-refractivity contribution in [2.45, 2.75) is 0 Å². The standard InChI is InChI=1S/C32H12Cl4N8.O.V/c33-17-9-1-5-13-21(17)29-37-25(13)41-30-22-14(6-2-10-18(22)34)27(38-30)43-32-24-16(8-4-12-20(24)36)28(40-32)44-31-23-15(26(39-31)42-29)7-3-11-19(23)35;;/h1-12H;;/q-2;;+2. The number of aromatic nitrogens is 8. The molecule has 0 amide bonds. The van der Waals surface area contributed by atoms with Crippen LogP contribution in [0.4, 0.5) is 0 Å². The van der Waals surface area contributed by atoms with Crippen LogP contribution < -0.4 is 9.97 Å². The molecule has 4 aromatic carbocycles. The molecule has 0 aliphatic carbocycles. The van der Waals surface area contributed by atoms with Gasteiger partial charge in [0.05, 0.1) is 33.3 Å². The Morgan fingerprint density at radius 1 is 0.435 bits per heavy atom. The third-order valence-electron chi connectivity index (χ3n) is 7.61. The molecule has 9 rings (SSSR count). The van der Waals surface area contributed by atoms with Gasteiger partial charge in [-0.1, -0.05) is 94.9 Å². The number of halogens is 4. The zero-order valence-electron chi connectivity index (χ0n) is 22.9. The van der Waals surface area contributed by atoms with Crippen molar-refractivity contribution >= 4 is 90.5 Å². The monoisotopic (exact) mass is 715 g/mol.